The van der Waals surface area contributed by atoms with Gasteiger partial charge in [0.25, 0.3) is 0 Å². The third kappa shape index (κ3) is 2.68. The van der Waals surface area contributed by atoms with Crippen LogP contribution in [-0.2, 0) is 10.0 Å². The average Bonchev–Trinajstić information content (AvgIpc) is 2.28. The molecule has 0 radical (unpaired) electrons. The second-order valence-electron chi connectivity index (χ2n) is 3.75. The molecule has 0 saturated carbocycles. The number of ketones is 1. The first-order chi connectivity index (χ1) is 7.38. The smallest absolute Gasteiger partial charge is 0.240 e. The molecule has 0 amide bonds. The van der Waals surface area contributed by atoms with E-state index in [-0.39, 0.29) is 16.6 Å². The second kappa shape index (κ2) is 4.76. The maximum Gasteiger partial charge on any atom is 0.240 e. The molecule has 1 N–H and O–H groups in total. The molecule has 16 heavy (non-hydrogen) atoms. The molecule has 1 aromatic rings. The van der Waals surface area contributed by atoms with Gasteiger partial charge >= 0.3 is 0 Å². The average molecular weight is 241 g/mol. The summed E-state index contributed by atoms with van der Waals surface area (Å²) in [5.74, 6) is -0.0832. The summed E-state index contributed by atoms with van der Waals surface area (Å²) in [5, 5.41) is 0. The van der Waals surface area contributed by atoms with Crippen molar-refractivity contribution in [1.29, 1.82) is 0 Å². The van der Waals surface area contributed by atoms with E-state index in [4.69, 9.17) is 0 Å². The van der Waals surface area contributed by atoms with Crippen molar-refractivity contribution in [3.63, 3.8) is 0 Å². The van der Waals surface area contributed by atoms with Gasteiger partial charge < -0.3 is 0 Å². The number of Topliss-reactive ketones (excluding diaryl/α,β-unsaturated/α-hetero) is 1. The quantitative estimate of drug-likeness (QED) is 0.811. The maximum atomic E-state index is 11.6. The first-order valence-corrected chi connectivity index (χ1v) is 6.44. The molecular weight excluding hydrogens is 226 g/mol. The number of hydrogen-bond acceptors (Lipinski definition) is 3. The normalized spacial score (nSPS) is 11.8. The molecule has 0 heterocycles. The summed E-state index contributed by atoms with van der Waals surface area (Å²) in [7, 11) is -2.07. The number of nitrogens with one attached hydrogen (secondary N) is 1. The zero-order valence-corrected chi connectivity index (χ0v) is 10.3. The van der Waals surface area contributed by atoms with Crippen molar-refractivity contribution < 1.29 is 13.2 Å². The molecule has 0 atom stereocenters. The first-order valence-electron chi connectivity index (χ1n) is 4.96. The minimum atomic E-state index is -3.42. The Morgan fingerprint density at radius 2 is 1.69 bits per heavy atom. The van der Waals surface area contributed by atoms with Gasteiger partial charge in [-0.05, 0) is 19.2 Å². The Balaban J connectivity index is 3.06. The fraction of sp³-hybridized carbons (Fsp3) is 0.364. The molecule has 0 aliphatic rings. The van der Waals surface area contributed by atoms with Crippen LogP contribution in [0.25, 0.3) is 0 Å². The van der Waals surface area contributed by atoms with Crippen LogP contribution >= 0.6 is 0 Å². The summed E-state index contributed by atoms with van der Waals surface area (Å²) >= 11 is 0. The predicted molar refractivity (Wildman–Crippen MR) is 61.9 cm³/mol. The summed E-state index contributed by atoms with van der Waals surface area (Å²) in [6, 6.07) is 5.93. The molecule has 0 fully saturated rings. The van der Waals surface area contributed by atoms with E-state index in [0.717, 1.165) is 0 Å². The van der Waals surface area contributed by atoms with Crippen molar-refractivity contribution in [2.75, 3.05) is 7.05 Å². The third-order valence-electron chi connectivity index (χ3n) is 2.24. The van der Waals surface area contributed by atoms with Crippen molar-refractivity contribution in [2.24, 2.45) is 5.92 Å². The maximum absolute atomic E-state index is 11.6. The molecule has 0 unspecified atom stereocenters. The van der Waals surface area contributed by atoms with Gasteiger partial charge in [-0.25, -0.2) is 13.1 Å². The lowest BCUT2D eigenvalue weighted by atomic mass is 10.0. The van der Waals surface area contributed by atoms with Crippen LogP contribution in [0.2, 0.25) is 0 Å². The van der Waals surface area contributed by atoms with Gasteiger partial charge in [-0.15, -0.1) is 0 Å². The van der Waals surface area contributed by atoms with Crippen LogP contribution in [0.3, 0.4) is 0 Å². The van der Waals surface area contributed by atoms with Gasteiger partial charge in [0.1, 0.15) is 0 Å². The van der Waals surface area contributed by atoms with E-state index in [1.807, 2.05) is 0 Å². The highest BCUT2D eigenvalue weighted by atomic mass is 32.2. The van der Waals surface area contributed by atoms with Crippen molar-refractivity contribution >= 4 is 15.8 Å². The Labute approximate surface area is 95.7 Å². The summed E-state index contributed by atoms with van der Waals surface area (Å²) in [6.45, 7) is 3.61. The summed E-state index contributed by atoms with van der Waals surface area (Å²) in [6.07, 6.45) is 0. The lowest BCUT2D eigenvalue weighted by Crippen LogP contribution is -2.18. The molecule has 1 rings (SSSR count). The van der Waals surface area contributed by atoms with E-state index in [2.05, 4.69) is 4.72 Å². The lowest BCUT2D eigenvalue weighted by Gasteiger charge is -2.06. The molecule has 1 aromatic carbocycles. The zero-order valence-electron chi connectivity index (χ0n) is 9.52. The van der Waals surface area contributed by atoms with Gasteiger partial charge in [-0.2, -0.15) is 0 Å². The highest BCUT2D eigenvalue weighted by molar-refractivity contribution is 7.89. The minimum absolute atomic E-state index is 0.00778. The van der Waals surface area contributed by atoms with E-state index in [1.165, 1.54) is 31.3 Å². The molecule has 0 aromatic heterocycles. The van der Waals surface area contributed by atoms with E-state index in [9.17, 15) is 13.2 Å². The zero-order chi connectivity index (χ0) is 12.3. The van der Waals surface area contributed by atoms with Gasteiger partial charge in [-0.3, -0.25) is 4.79 Å². The molecular formula is C11H15NO3S. The van der Waals surface area contributed by atoms with Crippen molar-refractivity contribution in [3.8, 4) is 0 Å². The Morgan fingerprint density at radius 1 is 1.19 bits per heavy atom. The van der Waals surface area contributed by atoms with E-state index in [0.29, 0.717) is 5.56 Å². The molecule has 0 bridgehead atoms. The van der Waals surface area contributed by atoms with Crippen molar-refractivity contribution in [3.05, 3.63) is 29.8 Å². The second-order valence-corrected chi connectivity index (χ2v) is 5.64. The number of carbonyl (C=O) groups excluding carboxylic acids is 1. The van der Waals surface area contributed by atoms with E-state index >= 15 is 0 Å². The minimum Gasteiger partial charge on any atom is -0.294 e. The molecule has 0 saturated heterocycles. The molecule has 0 aliphatic carbocycles. The topological polar surface area (TPSA) is 63.2 Å². The third-order valence-corrected chi connectivity index (χ3v) is 3.67. The standard InChI is InChI=1S/C11H15NO3S/c1-8(2)11(13)9-4-6-10(7-5-9)16(14,15)12-3/h4-8,12H,1-3H3. The molecule has 0 spiro atoms. The fourth-order valence-corrected chi connectivity index (χ4v) is 1.98. The number of carbonyl (C=O) groups is 1. The highest BCUT2D eigenvalue weighted by Crippen LogP contribution is 2.13. The monoisotopic (exact) mass is 241 g/mol. The number of sulfonamides is 1. The molecule has 88 valence electrons. The number of benzene rings is 1. The van der Waals surface area contributed by atoms with Crippen molar-refractivity contribution in [1.82, 2.24) is 4.72 Å². The van der Waals surface area contributed by atoms with Crippen LogP contribution in [0.4, 0.5) is 0 Å². The Hall–Kier alpha value is -1.20. The van der Waals surface area contributed by atoms with Gasteiger partial charge in [0, 0.05) is 11.5 Å². The van der Waals surface area contributed by atoms with Crippen LogP contribution in [0.5, 0.6) is 0 Å². The molecule has 0 aliphatic heterocycles. The van der Waals surface area contributed by atoms with Crippen LogP contribution in [-0.4, -0.2) is 21.2 Å². The summed E-state index contributed by atoms with van der Waals surface area (Å²) in [4.78, 5) is 11.8. The van der Waals surface area contributed by atoms with E-state index < -0.39 is 10.0 Å². The summed E-state index contributed by atoms with van der Waals surface area (Å²) in [5.41, 5.74) is 0.532. The van der Waals surface area contributed by atoms with Gasteiger partial charge in [-0.1, -0.05) is 26.0 Å². The van der Waals surface area contributed by atoms with Crippen LogP contribution in [0.1, 0.15) is 24.2 Å². The SMILES string of the molecule is CNS(=O)(=O)c1ccc(C(=O)C(C)C)cc1. The molecule has 4 nitrogen and oxygen atoms in total. The van der Waals surface area contributed by atoms with Gasteiger partial charge in [0.15, 0.2) is 5.78 Å². The fourth-order valence-electron chi connectivity index (χ4n) is 1.25. The highest BCUT2D eigenvalue weighted by Gasteiger charge is 2.14. The van der Waals surface area contributed by atoms with Crippen molar-refractivity contribution in [2.45, 2.75) is 18.7 Å². The largest absolute Gasteiger partial charge is 0.294 e. The number of rotatable bonds is 4. The Morgan fingerprint density at radius 3 is 2.06 bits per heavy atom. The van der Waals surface area contributed by atoms with Gasteiger partial charge in [0.05, 0.1) is 4.90 Å². The predicted octanol–water partition coefficient (Wildman–Crippen LogP) is 1.43. The summed E-state index contributed by atoms with van der Waals surface area (Å²) < 4.78 is 25.1. The van der Waals surface area contributed by atoms with Gasteiger partial charge in [0.2, 0.25) is 10.0 Å². The van der Waals surface area contributed by atoms with E-state index in [1.54, 1.807) is 13.8 Å². The van der Waals surface area contributed by atoms with Crippen LogP contribution in [0.15, 0.2) is 29.2 Å². The number of hydrogen-bond donors (Lipinski definition) is 1. The Kier molecular flexibility index (Phi) is 3.83. The van der Waals surface area contributed by atoms with Crippen LogP contribution < -0.4 is 4.72 Å². The lowest BCUT2D eigenvalue weighted by molar-refractivity contribution is 0.0939. The first kappa shape index (κ1) is 12.9. The van der Waals surface area contributed by atoms with Crippen LogP contribution in [0, 0.1) is 5.92 Å². The Bertz CT molecular complexity index is 474. The molecule has 5 heteroatoms.